The maximum Gasteiger partial charge on any atom is 0.330 e. The fraction of sp³-hybridized carbons (Fsp3) is 0.347. The average Bonchev–Trinajstić information content (AvgIpc) is 3.28. The zero-order valence-corrected chi connectivity index (χ0v) is 35.2. The number of esters is 4. The highest BCUT2D eigenvalue weighted by Gasteiger charge is 2.35. The molecule has 0 aliphatic carbocycles. The van der Waals surface area contributed by atoms with E-state index in [-0.39, 0.29) is 38.0 Å². The standard InChI is InChI=1S/C49H58N2O10/c1-56-45(52)29-19-37-15-25-43(26-16-37)58-31-7-3-5-9-47(54)60-35-49(33-39-11-21-41(50)22-12-39,34-40-13-23-42(51)24-14-40)36-61-48(55)10-6-4-8-32-59-44-27-17-38(18-28-44)20-30-46(53)57-2/h11-30H,3-10,31-36,50-51H2,1-2H3. The summed E-state index contributed by atoms with van der Waals surface area (Å²) in [6.07, 6.45) is 11.8. The van der Waals surface area contributed by atoms with Crippen LogP contribution < -0.4 is 20.9 Å². The molecule has 0 spiro atoms. The van der Waals surface area contributed by atoms with Crippen molar-refractivity contribution in [1.29, 1.82) is 0 Å². The lowest BCUT2D eigenvalue weighted by Gasteiger charge is -2.33. The van der Waals surface area contributed by atoms with E-state index in [0.29, 0.717) is 61.8 Å². The summed E-state index contributed by atoms with van der Waals surface area (Å²) >= 11 is 0. The normalized spacial score (nSPS) is 11.3. The number of carbonyl (C=O) groups excluding carboxylic acids is 4. The molecular weight excluding hydrogens is 777 g/mol. The fourth-order valence-electron chi connectivity index (χ4n) is 6.35. The molecule has 12 nitrogen and oxygen atoms in total. The highest BCUT2D eigenvalue weighted by molar-refractivity contribution is 5.87. The van der Waals surface area contributed by atoms with Crippen molar-refractivity contribution >= 4 is 47.4 Å². The van der Waals surface area contributed by atoms with Gasteiger partial charge in [0.25, 0.3) is 0 Å². The molecule has 0 saturated carbocycles. The van der Waals surface area contributed by atoms with Gasteiger partial charge in [0, 0.05) is 41.8 Å². The van der Waals surface area contributed by atoms with E-state index in [1.54, 1.807) is 12.2 Å². The van der Waals surface area contributed by atoms with Gasteiger partial charge in [0.2, 0.25) is 0 Å². The summed E-state index contributed by atoms with van der Waals surface area (Å²) in [4.78, 5) is 49.0. The number of hydrogen-bond acceptors (Lipinski definition) is 12. The molecule has 0 fully saturated rings. The van der Waals surface area contributed by atoms with Gasteiger partial charge in [-0.2, -0.15) is 0 Å². The van der Waals surface area contributed by atoms with Gasteiger partial charge >= 0.3 is 23.9 Å². The van der Waals surface area contributed by atoms with Crippen LogP contribution in [-0.4, -0.2) is 64.5 Å². The quantitative estimate of drug-likeness (QED) is 0.0204. The topological polar surface area (TPSA) is 176 Å². The van der Waals surface area contributed by atoms with Crippen LogP contribution in [0.15, 0.2) is 109 Å². The van der Waals surface area contributed by atoms with Crippen LogP contribution in [0.25, 0.3) is 12.2 Å². The molecule has 0 aliphatic rings. The number of hydrogen-bond donors (Lipinski definition) is 2. The van der Waals surface area contributed by atoms with Crippen molar-refractivity contribution in [3.8, 4) is 11.5 Å². The average molecular weight is 835 g/mol. The monoisotopic (exact) mass is 834 g/mol. The minimum Gasteiger partial charge on any atom is -0.494 e. The third kappa shape index (κ3) is 18.5. The molecule has 0 radical (unpaired) electrons. The van der Waals surface area contributed by atoms with Crippen LogP contribution in [0.3, 0.4) is 0 Å². The molecule has 0 saturated heterocycles. The third-order valence-electron chi connectivity index (χ3n) is 9.77. The predicted molar refractivity (Wildman–Crippen MR) is 236 cm³/mol. The van der Waals surface area contributed by atoms with E-state index in [1.165, 1.54) is 26.4 Å². The second-order valence-corrected chi connectivity index (χ2v) is 14.8. The number of benzene rings is 4. The Morgan fingerprint density at radius 2 is 0.885 bits per heavy atom. The van der Waals surface area contributed by atoms with Crippen LogP contribution in [-0.2, 0) is 51.0 Å². The Bertz CT molecular complexity index is 1860. The van der Waals surface area contributed by atoms with Gasteiger partial charge < -0.3 is 39.9 Å². The lowest BCUT2D eigenvalue weighted by molar-refractivity contribution is -0.154. The molecule has 0 atom stereocenters. The number of nitrogens with two attached hydrogens (primary N) is 2. The Morgan fingerprint density at radius 1 is 0.508 bits per heavy atom. The first kappa shape index (κ1) is 47.1. The van der Waals surface area contributed by atoms with Gasteiger partial charge in [-0.1, -0.05) is 48.5 Å². The summed E-state index contributed by atoms with van der Waals surface area (Å²) in [6, 6.07) is 29.8. The Kier molecular flexibility index (Phi) is 19.9. The highest BCUT2D eigenvalue weighted by Crippen LogP contribution is 2.31. The van der Waals surface area contributed by atoms with Crippen molar-refractivity contribution < 1.29 is 47.6 Å². The minimum atomic E-state index is -0.769. The van der Waals surface area contributed by atoms with Crippen molar-refractivity contribution in [2.45, 2.75) is 64.2 Å². The Morgan fingerprint density at radius 3 is 1.25 bits per heavy atom. The first-order chi connectivity index (χ1) is 29.5. The maximum absolute atomic E-state index is 13.2. The van der Waals surface area contributed by atoms with Crippen LogP contribution in [0.5, 0.6) is 11.5 Å². The van der Waals surface area contributed by atoms with E-state index in [2.05, 4.69) is 9.47 Å². The molecule has 4 N–H and O–H groups in total. The zero-order valence-electron chi connectivity index (χ0n) is 35.2. The smallest absolute Gasteiger partial charge is 0.330 e. The second-order valence-electron chi connectivity index (χ2n) is 14.8. The lowest BCUT2D eigenvalue weighted by atomic mass is 9.77. The maximum atomic E-state index is 13.2. The van der Waals surface area contributed by atoms with Crippen LogP contribution in [0, 0.1) is 5.41 Å². The molecule has 0 aliphatic heterocycles. The molecule has 0 aromatic heterocycles. The molecule has 324 valence electrons. The Hall–Kier alpha value is -6.56. The van der Waals surface area contributed by atoms with Gasteiger partial charge in [0.05, 0.1) is 27.4 Å². The lowest BCUT2D eigenvalue weighted by Crippen LogP contribution is -2.39. The van der Waals surface area contributed by atoms with Crippen molar-refractivity contribution in [3.05, 3.63) is 131 Å². The van der Waals surface area contributed by atoms with E-state index in [1.807, 2.05) is 97.1 Å². The molecule has 0 amide bonds. The fourth-order valence-corrected chi connectivity index (χ4v) is 6.35. The molecule has 0 bridgehead atoms. The number of carbonyl (C=O) groups is 4. The molecule has 61 heavy (non-hydrogen) atoms. The molecule has 4 aromatic carbocycles. The van der Waals surface area contributed by atoms with Crippen molar-refractivity contribution in [2.75, 3.05) is 52.1 Å². The number of ether oxygens (including phenoxy) is 6. The Labute approximate surface area is 358 Å². The zero-order chi connectivity index (χ0) is 43.7. The summed E-state index contributed by atoms with van der Waals surface area (Å²) < 4.78 is 32.9. The highest BCUT2D eigenvalue weighted by atomic mass is 16.6. The number of anilines is 2. The summed E-state index contributed by atoms with van der Waals surface area (Å²) in [7, 11) is 2.66. The second kappa shape index (κ2) is 25.8. The van der Waals surface area contributed by atoms with Gasteiger partial charge in [-0.3, -0.25) is 9.59 Å². The van der Waals surface area contributed by atoms with Crippen molar-refractivity contribution in [1.82, 2.24) is 0 Å². The van der Waals surface area contributed by atoms with Gasteiger partial charge in [-0.15, -0.1) is 0 Å². The molecule has 0 unspecified atom stereocenters. The number of unbranched alkanes of at least 4 members (excludes halogenated alkanes) is 4. The van der Waals surface area contributed by atoms with E-state index in [0.717, 1.165) is 47.9 Å². The van der Waals surface area contributed by atoms with Gasteiger partial charge in [-0.05, 0) is 134 Å². The van der Waals surface area contributed by atoms with Crippen LogP contribution in [0.2, 0.25) is 0 Å². The number of nitrogen functional groups attached to an aromatic ring is 2. The predicted octanol–water partition coefficient (Wildman–Crippen LogP) is 8.36. The van der Waals surface area contributed by atoms with Gasteiger partial charge in [-0.25, -0.2) is 9.59 Å². The van der Waals surface area contributed by atoms with E-state index >= 15 is 0 Å². The molecule has 4 rings (SSSR count). The summed E-state index contributed by atoms with van der Waals surface area (Å²) in [5.41, 5.74) is 16.1. The summed E-state index contributed by atoms with van der Waals surface area (Å²) in [5, 5.41) is 0. The van der Waals surface area contributed by atoms with Crippen LogP contribution in [0.1, 0.15) is 73.6 Å². The number of methoxy groups -OCH3 is 2. The summed E-state index contributed by atoms with van der Waals surface area (Å²) in [5.74, 6) is -0.0576. The molecular formula is C49H58N2O10. The van der Waals surface area contributed by atoms with Gasteiger partial charge in [0.1, 0.15) is 24.7 Å². The first-order valence-corrected chi connectivity index (χ1v) is 20.5. The molecule has 12 heteroatoms. The van der Waals surface area contributed by atoms with Crippen LogP contribution >= 0.6 is 0 Å². The number of rotatable bonds is 26. The molecule has 0 heterocycles. The van der Waals surface area contributed by atoms with Crippen LogP contribution in [0.4, 0.5) is 11.4 Å². The molecule has 4 aromatic rings. The third-order valence-corrected chi connectivity index (χ3v) is 9.77. The van der Waals surface area contributed by atoms with E-state index in [9.17, 15) is 19.2 Å². The Balaban J connectivity index is 1.27. The van der Waals surface area contributed by atoms with E-state index in [4.69, 9.17) is 30.4 Å². The van der Waals surface area contributed by atoms with Crippen molar-refractivity contribution in [2.24, 2.45) is 5.41 Å². The largest absolute Gasteiger partial charge is 0.494 e. The van der Waals surface area contributed by atoms with Crippen molar-refractivity contribution in [3.63, 3.8) is 0 Å². The minimum absolute atomic E-state index is 0.0433. The summed E-state index contributed by atoms with van der Waals surface area (Å²) in [6.45, 7) is 1.07. The van der Waals surface area contributed by atoms with E-state index < -0.39 is 17.4 Å². The van der Waals surface area contributed by atoms with Gasteiger partial charge in [0.15, 0.2) is 0 Å². The first-order valence-electron chi connectivity index (χ1n) is 20.5. The SMILES string of the molecule is COC(=O)C=Cc1ccc(OCCCCCC(=O)OCC(COC(=O)CCCCCOc2ccc(C=CC(=O)OC)cc2)(Cc2ccc(N)cc2)Cc2ccc(N)cc2)cc1.